The van der Waals surface area contributed by atoms with Crippen molar-refractivity contribution in [3.05, 3.63) is 29.8 Å². The molecule has 1 unspecified atom stereocenters. The van der Waals surface area contributed by atoms with Gasteiger partial charge in [0.2, 0.25) is 5.91 Å². The molecule has 2 rings (SSSR count). The van der Waals surface area contributed by atoms with Gasteiger partial charge in [0, 0.05) is 18.7 Å². The number of hydrogen-bond donors (Lipinski definition) is 1. The zero-order chi connectivity index (χ0) is 15.1. The molecule has 0 bridgehead atoms. The summed E-state index contributed by atoms with van der Waals surface area (Å²) in [4.78, 5) is 14.3. The van der Waals surface area contributed by atoms with Crippen LogP contribution in [0.4, 0.5) is 5.69 Å². The number of nitriles is 1. The lowest BCUT2D eigenvalue weighted by Gasteiger charge is -2.19. The van der Waals surface area contributed by atoms with Gasteiger partial charge in [-0.05, 0) is 62.5 Å². The van der Waals surface area contributed by atoms with E-state index in [-0.39, 0.29) is 5.91 Å². The number of carbonyl (C=O) groups is 1. The molecule has 1 amide bonds. The Morgan fingerprint density at radius 1 is 1.33 bits per heavy atom. The zero-order valence-electron chi connectivity index (χ0n) is 12.6. The molecule has 21 heavy (non-hydrogen) atoms. The maximum atomic E-state index is 12.0. The van der Waals surface area contributed by atoms with E-state index in [4.69, 9.17) is 5.26 Å². The van der Waals surface area contributed by atoms with Crippen molar-refractivity contribution >= 4 is 11.6 Å². The van der Waals surface area contributed by atoms with Crippen LogP contribution in [0.25, 0.3) is 0 Å². The largest absolute Gasteiger partial charge is 0.326 e. The average Bonchev–Trinajstić information content (AvgIpc) is 2.70. The SMILES string of the molecule is CC1CCCN(CCC(=O)Nc2ccc(C#N)cc2)CC1. The molecule has 0 spiro atoms. The maximum absolute atomic E-state index is 12.0. The van der Waals surface area contributed by atoms with E-state index in [9.17, 15) is 4.79 Å². The molecule has 4 nitrogen and oxygen atoms in total. The van der Waals surface area contributed by atoms with Crippen LogP contribution < -0.4 is 5.32 Å². The molecule has 1 aliphatic heterocycles. The van der Waals surface area contributed by atoms with E-state index < -0.39 is 0 Å². The molecule has 1 aromatic rings. The van der Waals surface area contributed by atoms with Gasteiger partial charge in [0.1, 0.15) is 0 Å². The Morgan fingerprint density at radius 2 is 2.10 bits per heavy atom. The second-order valence-corrected chi connectivity index (χ2v) is 5.87. The summed E-state index contributed by atoms with van der Waals surface area (Å²) in [7, 11) is 0. The number of nitrogens with one attached hydrogen (secondary N) is 1. The topological polar surface area (TPSA) is 56.1 Å². The van der Waals surface area contributed by atoms with Gasteiger partial charge in [-0.3, -0.25) is 4.79 Å². The summed E-state index contributed by atoms with van der Waals surface area (Å²) in [5.74, 6) is 0.847. The Morgan fingerprint density at radius 3 is 2.81 bits per heavy atom. The van der Waals surface area contributed by atoms with Gasteiger partial charge in [-0.25, -0.2) is 0 Å². The van der Waals surface area contributed by atoms with Gasteiger partial charge in [0.05, 0.1) is 11.6 Å². The van der Waals surface area contributed by atoms with Crippen molar-refractivity contribution in [3.8, 4) is 6.07 Å². The van der Waals surface area contributed by atoms with Crippen LogP contribution in [0.3, 0.4) is 0 Å². The minimum absolute atomic E-state index is 0.0389. The highest BCUT2D eigenvalue weighted by Gasteiger charge is 2.14. The number of amides is 1. The van der Waals surface area contributed by atoms with Gasteiger partial charge in [0.25, 0.3) is 0 Å². The minimum atomic E-state index is 0.0389. The maximum Gasteiger partial charge on any atom is 0.225 e. The van der Waals surface area contributed by atoms with Crippen LogP contribution in [-0.2, 0) is 4.79 Å². The van der Waals surface area contributed by atoms with E-state index in [1.807, 2.05) is 0 Å². The Kier molecular flexibility index (Phi) is 5.77. The van der Waals surface area contributed by atoms with Crippen LogP contribution in [-0.4, -0.2) is 30.4 Å². The Hall–Kier alpha value is -1.86. The standard InChI is InChI=1S/C17H23N3O/c1-14-3-2-10-20(11-8-14)12-9-17(21)19-16-6-4-15(13-18)5-7-16/h4-7,14H,2-3,8-12H2,1H3,(H,19,21). The van der Waals surface area contributed by atoms with E-state index in [2.05, 4.69) is 23.2 Å². The van der Waals surface area contributed by atoms with Crippen LogP contribution in [0.5, 0.6) is 0 Å². The van der Waals surface area contributed by atoms with Crippen LogP contribution in [0.2, 0.25) is 0 Å². The molecule has 1 heterocycles. The fourth-order valence-corrected chi connectivity index (χ4v) is 2.66. The number of anilines is 1. The summed E-state index contributed by atoms with van der Waals surface area (Å²) < 4.78 is 0. The molecule has 0 aromatic heterocycles. The van der Waals surface area contributed by atoms with Crippen LogP contribution in [0.15, 0.2) is 24.3 Å². The lowest BCUT2D eigenvalue weighted by Crippen LogP contribution is -2.29. The van der Waals surface area contributed by atoms with Gasteiger partial charge in [-0.15, -0.1) is 0 Å². The first-order valence-corrected chi connectivity index (χ1v) is 7.70. The molecule has 0 radical (unpaired) electrons. The fraction of sp³-hybridized carbons (Fsp3) is 0.529. The van der Waals surface area contributed by atoms with Crippen molar-refractivity contribution in [1.82, 2.24) is 4.90 Å². The van der Waals surface area contributed by atoms with Crippen LogP contribution >= 0.6 is 0 Å². The van der Waals surface area contributed by atoms with Crippen molar-refractivity contribution in [2.24, 2.45) is 5.92 Å². The third kappa shape index (κ3) is 5.20. The number of benzene rings is 1. The van der Waals surface area contributed by atoms with E-state index in [1.54, 1.807) is 24.3 Å². The Labute approximate surface area is 126 Å². The smallest absolute Gasteiger partial charge is 0.225 e. The first-order valence-electron chi connectivity index (χ1n) is 7.70. The fourth-order valence-electron chi connectivity index (χ4n) is 2.66. The minimum Gasteiger partial charge on any atom is -0.326 e. The highest BCUT2D eigenvalue weighted by atomic mass is 16.1. The Bertz CT molecular complexity index is 504. The molecular formula is C17H23N3O. The molecule has 4 heteroatoms. The number of hydrogen-bond acceptors (Lipinski definition) is 3. The van der Waals surface area contributed by atoms with E-state index in [1.165, 1.54) is 19.3 Å². The molecular weight excluding hydrogens is 262 g/mol. The molecule has 1 saturated heterocycles. The van der Waals surface area contributed by atoms with Crippen molar-refractivity contribution in [2.45, 2.75) is 32.6 Å². The second kappa shape index (κ2) is 7.80. The Balaban J connectivity index is 1.75. The molecule has 1 N–H and O–H groups in total. The van der Waals surface area contributed by atoms with Gasteiger partial charge >= 0.3 is 0 Å². The van der Waals surface area contributed by atoms with Crippen molar-refractivity contribution in [2.75, 3.05) is 25.0 Å². The van der Waals surface area contributed by atoms with Crippen molar-refractivity contribution in [3.63, 3.8) is 0 Å². The third-order valence-electron chi connectivity index (χ3n) is 4.06. The zero-order valence-corrected chi connectivity index (χ0v) is 12.6. The van der Waals surface area contributed by atoms with Crippen LogP contribution in [0.1, 0.15) is 38.2 Å². The van der Waals surface area contributed by atoms with Gasteiger partial charge in [-0.1, -0.05) is 6.92 Å². The molecule has 1 fully saturated rings. The first kappa shape index (κ1) is 15.5. The molecule has 112 valence electrons. The molecule has 1 aliphatic rings. The molecule has 0 aliphatic carbocycles. The normalized spacial score (nSPS) is 19.5. The summed E-state index contributed by atoms with van der Waals surface area (Å²) in [5.41, 5.74) is 1.36. The van der Waals surface area contributed by atoms with Gasteiger partial charge in [-0.2, -0.15) is 5.26 Å². The lowest BCUT2D eigenvalue weighted by molar-refractivity contribution is -0.116. The predicted octanol–water partition coefficient (Wildman–Crippen LogP) is 3.01. The molecule has 0 saturated carbocycles. The van der Waals surface area contributed by atoms with Gasteiger partial charge < -0.3 is 10.2 Å². The molecule has 1 aromatic carbocycles. The van der Waals surface area contributed by atoms with E-state index in [0.29, 0.717) is 12.0 Å². The van der Waals surface area contributed by atoms with Crippen LogP contribution in [0, 0.1) is 17.2 Å². The summed E-state index contributed by atoms with van der Waals surface area (Å²) >= 11 is 0. The van der Waals surface area contributed by atoms with E-state index >= 15 is 0 Å². The first-order chi connectivity index (χ1) is 10.2. The number of carbonyl (C=O) groups excluding carboxylic acids is 1. The predicted molar refractivity (Wildman–Crippen MR) is 83.9 cm³/mol. The second-order valence-electron chi connectivity index (χ2n) is 5.87. The quantitative estimate of drug-likeness (QED) is 0.925. The molecule has 1 atom stereocenters. The average molecular weight is 285 g/mol. The van der Waals surface area contributed by atoms with E-state index in [0.717, 1.165) is 31.2 Å². The summed E-state index contributed by atoms with van der Waals surface area (Å²) in [6.45, 7) is 5.34. The van der Waals surface area contributed by atoms with Crippen molar-refractivity contribution in [1.29, 1.82) is 5.26 Å². The van der Waals surface area contributed by atoms with Crippen molar-refractivity contribution < 1.29 is 4.79 Å². The lowest BCUT2D eigenvalue weighted by atomic mass is 10.0. The summed E-state index contributed by atoms with van der Waals surface area (Å²) in [6, 6.07) is 9.03. The third-order valence-corrected chi connectivity index (χ3v) is 4.06. The highest BCUT2D eigenvalue weighted by molar-refractivity contribution is 5.90. The number of likely N-dealkylation sites (tertiary alicyclic amines) is 1. The number of nitrogens with zero attached hydrogens (tertiary/aromatic N) is 2. The highest BCUT2D eigenvalue weighted by Crippen LogP contribution is 2.16. The number of rotatable bonds is 4. The van der Waals surface area contributed by atoms with Gasteiger partial charge in [0.15, 0.2) is 0 Å². The monoisotopic (exact) mass is 285 g/mol. The summed E-state index contributed by atoms with van der Waals surface area (Å²) in [6.07, 6.45) is 4.29. The summed E-state index contributed by atoms with van der Waals surface area (Å²) in [5, 5.41) is 11.6.